The third kappa shape index (κ3) is 5.39. The Hall–Kier alpha value is -2.33. The maximum absolute atomic E-state index is 12.2. The first kappa shape index (κ1) is 18.0. The maximum atomic E-state index is 12.2. The van der Waals surface area contributed by atoms with Crippen molar-refractivity contribution in [2.45, 2.75) is 33.4 Å². The number of anilines is 1. The number of rotatable bonds is 8. The molecule has 0 saturated heterocycles. The van der Waals surface area contributed by atoms with Gasteiger partial charge in [-0.2, -0.15) is 0 Å². The Morgan fingerprint density at radius 2 is 1.75 bits per heavy atom. The highest BCUT2D eigenvalue weighted by Gasteiger charge is 2.08. The minimum absolute atomic E-state index is 0.0123. The summed E-state index contributed by atoms with van der Waals surface area (Å²) in [6.45, 7) is 7.84. The average Bonchev–Trinajstić information content (AvgIpc) is 2.58. The van der Waals surface area contributed by atoms with Gasteiger partial charge in [0.1, 0.15) is 0 Å². The zero-order valence-corrected chi connectivity index (χ0v) is 14.6. The number of hydrogen-bond donors (Lipinski definition) is 2. The molecule has 128 valence electrons. The van der Waals surface area contributed by atoms with Crippen LogP contribution in [0.15, 0.2) is 48.5 Å². The van der Waals surface area contributed by atoms with Crippen LogP contribution < -0.4 is 11.1 Å². The van der Waals surface area contributed by atoms with Crippen molar-refractivity contribution in [1.82, 2.24) is 10.2 Å². The quantitative estimate of drug-likeness (QED) is 0.734. The number of nitrogen functional groups attached to an aromatic ring is 1. The van der Waals surface area contributed by atoms with Gasteiger partial charge in [-0.3, -0.25) is 9.69 Å². The number of nitrogens with zero attached hydrogens (tertiary/aromatic N) is 1. The zero-order valence-electron chi connectivity index (χ0n) is 14.6. The molecule has 4 heteroatoms. The molecule has 0 heterocycles. The molecular formula is C20H27N3O. The maximum Gasteiger partial charge on any atom is 0.224 e. The van der Waals surface area contributed by atoms with Gasteiger partial charge in [0.15, 0.2) is 0 Å². The Bertz CT molecular complexity index is 665. The number of nitrogens with one attached hydrogen (secondary N) is 1. The summed E-state index contributed by atoms with van der Waals surface area (Å²) in [6, 6.07) is 15.7. The molecule has 0 radical (unpaired) electrons. The van der Waals surface area contributed by atoms with Crippen LogP contribution in [0.25, 0.3) is 0 Å². The molecule has 0 aliphatic heterocycles. The highest BCUT2D eigenvalue weighted by Crippen LogP contribution is 2.12. The van der Waals surface area contributed by atoms with Crippen molar-refractivity contribution in [3.8, 4) is 0 Å². The van der Waals surface area contributed by atoms with Gasteiger partial charge in [0, 0.05) is 18.8 Å². The van der Waals surface area contributed by atoms with Gasteiger partial charge in [-0.05, 0) is 41.9 Å². The van der Waals surface area contributed by atoms with E-state index >= 15 is 0 Å². The summed E-state index contributed by atoms with van der Waals surface area (Å²) in [6.07, 6.45) is 0.350. The molecule has 0 aromatic heterocycles. The summed E-state index contributed by atoms with van der Waals surface area (Å²) in [5.74, 6) is 0.0123. The molecule has 2 aromatic carbocycles. The molecule has 2 rings (SSSR count). The summed E-state index contributed by atoms with van der Waals surface area (Å²) in [4.78, 5) is 14.5. The van der Waals surface area contributed by atoms with E-state index in [9.17, 15) is 4.79 Å². The van der Waals surface area contributed by atoms with Crippen LogP contribution in [-0.4, -0.2) is 23.9 Å². The third-order valence-electron chi connectivity index (χ3n) is 4.20. The molecule has 4 nitrogen and oxygen atoms in total. The molecule has 0 atom stereocenters. The number of nitrogens with two attached hydrogens (primary N) is 1. The van der Waals surface area contributed by atoms with Crippen molar-refractivity contribution < 1.29 is 4.79 Å². The van der Waals surface area contributed by atoms with Gasteiger partial charge in [-0.1, -0.05) is 50.2 Å². The number of carbonyl (C=O) groups excluding carboxylic acids is 1. The largest absolute Gasteiger partial charge is 0.399 e. The fourth-order valence-corrected chi connectivity index (χ4v) is 2.72. The predicted molar refractivity (Wildman–Crippen MR) is 99.5 cm³/mol. The van der Waals surface area contributed by atoms with Crippen molar-refractivity contribution in [1.29, 1.82) is 0 Å². The van der Waals surface area contributed by atoms with Gasteiger partial charge < -0.3 is 11.1 Å². The second-order valence-electron chi connectivity index (χ2n) is 5.93. The summed E-state index contributed by atoms with van der Waals surface area (Å²) < 4.78 is 0. The second-order valence-corrected chi connectivity index (χ2v) is 5.93. The van der Waals surface area contributed by atoms with Crippen molar-refractivity contribution in [3.05, 3.63) is 65.2 Å². The number of hydrogen-bond acceptors (Lipinski definition) is 3. The number of amides is 1. The smallest absolute Gasteiger partial charge is 0.224 e. The van der Waals surface area contributed by atoms with Crippen molar-refractivity contribution in [3.63, 3.8) is 0 Å². The van der Waals surface area contributed by atoms with Crippen LogP contribution in [0.3, 0.4) is 0 Å². The Labute approximate surface area is 144 Å². The van der Waals surface area contributed by atoms with Gasteiger partial charge in [-0.15, -0.1) is 0 Å². The van der Waals surface area contributed by atoms with E-state index in [0.29, 0.717) is 18.7 Å². The highest BCUT2D eigenvalue weighted by atomic mass is 16.1. The van der Waals surface area contributed by atoms with E-state index in [-0.39, 0.29) is 5.91 Å². The topological polar surface area (TPSA) is 58.4 Å². The van der Waals surface area contributed by atoms with E-state index in [4.69, 9.17) is 5.73 Å². The standard InChI is InChI=1S/C20H27N3O/c1-3-23(4-2)15-18-10-6-5-9-17(18)14-22-20(24)13-16-8-7-11-19(21)12-16/h5-12H,3-4,13-15,21H2,1-2H3,(H,22,24). The number of carbonyl (C=O) groups is 1. The second kappa shape index (κ2) is 9.08. The van der Waals surface area contributed by atoms with E-state index in [1.807, 2.05) is 30.3 Å². The molecular weight excluding hydrogens is 298 g/mol. The van der Waals surface area contributed by atoms with Crippen LogP contribution in [-0.2, 0) is 24.3 Å². The lowest BCUT2D eigenvalue weighted by Crippen LogP contribution is -2.27. The molecule has 1 amide bonds. The summed E-state index contributed by atoms with van der Waals surface area (Å²) in [5, 5.41) is 3.02. The molecule has 2 aromatic rings. The first-order valence-electron chi connectivity index (χ1n) is 8.52. The van der Waals surface area contributed by atoms with E-state index in [2.05, 4.69) is 42.3 Å². The van der Waals surface area contributed by atoms with Gasteiger partial charge in [0.25, 0.3) is 0 Å². The van der Waals surface area contributed by atoms with E-state index < -0.39 is 0 Å². The van der Waals surface area contributed by atoms with Gasteiger partial charge >= 0.3 is 0 Å². The van der Waals surface area contributed by atoms with Crippen molar-refractivity contribution >= 4 is 11.6 Å². The molecule has 0 spiro atoms. The Balaban J connectivity index is 1.95. The van der Waals surface area contributed by atoms with Crippen LogP contribution in [0.4, 0.5) is 5.69 Å². The number of benzene rings is 2. The van der Waals surface area contributed by atoms with Crippen molar-refractivity contribution in [2.75, 3.05) is 18.8 Å². The predicted octanol–water partition coefficient (Wildman–Crippen LogP) is 2.97. The molecule has 24 heavy (non-hydrogen) atoms. The Kier molecular flexibility index (Phi) is 6.82. The average molecular weight is 325 g/mol. The van der Waals surface area contributed by atoms with Crippen LogP contribution in [0.1, 0.15) is 30.5 Å². The highest BCUT2D eigenvalue weighted by molar-refractivity contribution is 5.78. The fraction of sp³-hybridized carbons (Fsp3) is 0.350. The van der Waals surface area contributed by atoms with E-state index in [1.54, 1.807) is 0 Å². The van der Waals surface area contributed by atoms with Crippen LogP contribution in [0.2, 0.25) is 0 Å². The SMILES string of the molecule is CCN(CC)Cc1ccccc1CNC(=O)Cc1cccc(N)c1. The van der Waals surface area contributed by atoms with Crippen LogP contribution in [0, 0.1) is 0 Å². The van der Waals surface area contributed by atoms with Crippen LogP contribution >= 0.6 is 0 Å². The molecule has 0 saturated carbocycles. The normalized spacial score (nSPS) is 10.8. The minimum atomic E-state index is 0.0123. The van der Waals surface area contributed by atoms with Gasteiger partial charge in [0.2, 0.25) is 5.91 Å². The molecule has 3 N–H and O–H groups in total. The molecule has 0 bridgehead atoms. The molecule has 0 fully saturated rings. The monoisotopic (exact) mass is 325 g/mol. The zero-order chi connectivity index (χ0) is 17.4. The first-order chi connectivity index (χ1) is 11.6. The summed E-state index contributed by atoms with van der Waals surface area (Å²) in [5.41, 5.74) is 9.82. The van der Waals surface area contributed by atoms with Crippen molar-refractivity contribution in [2.24, 2.45) is 0 Å². The fourth-order valence-electron chi connectivity index (χ4n) is 2.72. The Morgan fingerprint density at radius 3 is 2.42 bits per heavy atom. The van der Waals surface area contributed by atoms with Gasteiger partial charge in [-0.25, -0.2) is 0 Å². The first-order valence-corrected chi connectivity index (χ1v) is 8.52. The summed E-state index contributed by atoms with van der Waals surface area (Å²) in [7, 11) is 0. The lowest BCUT2D eigenvalue weighted by molar-refractivity contribution is -0.120. The van der Waals surface area contributed by atoms with E-state index in [1.165, 1.54) is 11.1 Å². The third-order valence-corrected chi connectivity index (χ3v) is 4.20. The molecule has 0 unspecified atom stereocenters. The van der Waals surface area contributed by atoms with Crippen LogP contribution in [0.5, 0.6) is 0 Å². The summed E-state index contributed by atoms with van der Waals surface area (Å²) >= 11 is 0. The molecule has 0 aliphatic carbocycles. The minimum Gasteiger partial charge on any atom is -0.399 e. The van der Waals surface area contributed by atoms with E-state index in [0.717, 1.165) is 25.2 Å². The Morgan fingerprint density at radius 1 is 1.04 bits per heavy atom. The lowest BCUT2D eigenvalue weighted by atomic mass is 10.1. The molecule has 0 aliphatic rings. The lowest BCUT2D eigenvalue weighted by Gasteiger charge is -2.20. The van der Waals surface area contributed by atoms with Gasteiger partial charge in [0.05, 0.1) is 6.42 Å².